The van der Waals surface area contributed by atoms with Crippen molar-refractivity contribution in [2.75, 3.05) is 0 Å². The van der Waals surface area contributed by atoms with E-state index in [1.54, 1.807) is 10.2 Å². The molecular formula is C26H23O2Si. The summed E-state index contributed by atoms with van der Waals surface area (Å²) in [5, 5.41) is 25.9. The first-order chi connectivity index (χ1) is 14.1. The molecule has 2 N–H and O–H groups in total. The van der Waals surface area contributed by atoms with Crippen molar-refractivity contribution in [3.63, 3.8) is 0 Å². The Bertz CT molecular complexity index is 1040. The van der Waals surface area contributed by atoms with E-state index >= 15 is 0 Å². The third-order valence-corrected chi connectivity index (χ3v) is 6.12. The molecule has 0 amide bonds. The monoisotopic (exact) mass is 395 g/mol. The molecule has 0 heterocycles. The van der Waals surface area contributed by atoms with Crippen molar-refractivity contribution in [3.8, 4) is 0 Å². The van der Waals surface area contributed by atoms with E-state index in [9.17, 15) is 10.2 Å². The summed E-state index contributed by atoms with van der Waals surface area (Å²) >= 11 is 0. The van der Waals surface area contributed by atoms with E-state index in [1.807, 2.05) is 115 Å². The molecule has 1 atom stereocenters. The molecule has 1 unspecified atom stereocenters. The van der Waals surface area contributed by atoms with E-state index in [-0.39, 0.29) is 0 Å². The van der Waals surface area contributed by atoms with Crippen LogP contribution < -0.4 is 5.19 Å². The van der Waals surface area contributed by atoms with Gasteiger partial charge in [-0.05, 0) is 22.3 Å². The van der Waals surface area contributed by atoms with E-state index in [1.165, 1.54) is 0 Å². The molecule has 0 spiro atoms. The molecule has 0 fully saturated rings. The first-order valence-corrected chi connectivity index (χ1v) is 10.3. The molecule has 0 saturated carbocycles. The van der Waals surface area contributed by atoms with Crippen molar-refractivity contribution in [1.29, 1.82) is 0 Å². The number of aliphatic hydroxyl groups is 2. The zero-order valence-electron chi connectivity index (χ0n) is 16.1. The lowest BCUT2D eigenvalue weighted by Crippen LogP contribution is -2.53. The molecule has 4 rings (SSSR count). The number of hydrogen-bond donors (Lipinski definition) is 2. The minimum atomic E-state index is -1.70. The summed E-state index contributed by atoms with van der Waals surface area (Å²) in [5.41, 5.74) is -0.828. The van der Waals surface area contributed by atoms with Gasteiger partial charge in [-0.3, -0.25) is 0 Å². The van der Waals surface area contributed by atoms with Gasteiger partial charge in [0, 0.05) is 10.2 Å². The molecule has 3 heteroatoms. The highest BCUT2D eigenvalue weighted by Gasteiger charge is 2.54. The topological polar surface area (TPSA) is 40.5 Å². The molecule has 4 aromatic rings. The van der Waals surface area contributed by atoms with Crippen molar-refractivity contribution in [1.82, 2.24) is 0 Å². The SMILES string of the molecule is OC(c1ccccc1)(c1ccccc1)C(O)(c1ccccc1)c1ccccc1[SiH2]. The van der Waals surface area contributed by atoms with Gasteiger partial charge in [0.2, 0.25) is 0 Å². The van der Waals surface area contributed by atoms with Gasteiger partial charge in [0.25, 0.3) is 0 Å². The number of benzene rings is 4. The van der Waals surface area contributed by atoms with Crippen LogP contribution in [0.1, 0.15) is 22.3 Å². The highest BCUT2D eigenvalue weighted by atomic mass is 28.1. The summed E-state index contributed by atoms with van der Waals surface area (Å²) in [4.78, 5) is 0. The predicted molar refractivity (Wildman–Crippen MR) is 120 cm³/mol. The molecule has 4 aromatic carbocycles. The third-order valence-electron chi connectivity index (χ3n) is 5.51. The van der Waals surface area contributed by atoms with Crippen LogP contribution in [0, 0.1) is 0 Å². The summed E-state index contributed by atoms with van der Waals surface area (Å²) in [5.74, 6) is 0. The lowest BCUT2D eigenvalue weighted by atomic mass is 9.66. The second-order valence-corrected chi connectivity index (χ2v) is 7.94. The summed E-state index contributed by atoms with van der Waals surface area (Å²) in [7, 11) is 1.72. The van der Waals surface area contributed by atoms with Crippen molar-refractivity contribution in [2.45, 2.75) is 11.2 Å². The smallest absolute Gasteiger partial charge is 0.152 e. The molecule has 0 aromatic heterocycles. The molecule has 0 aliphatic rings. The molecule has 2 nitrogen and oxygen atoms in total. The van der Waals surface area contributed by atoms with Crippen LogP contribution in [-0.4, -0.2) is 20.5 Å². The fraction of sp³-hybridized carbons (Fsp3) is 0.0769. The zero-order chi connectivity index (χ0) is 20.3. The van der Waals surface area contributed by atoms with Gasteiger partial charge in [0.1, 0.15) is 0 Å². The van der Waals surface area contributed by atoms with Crippen LogP contribution in [0.25, 0.3) is 0 Å². The van der Waals surface area contributed by atoms with Crippen LogP contribution in [0.2, 0.25) is 0 Å². The van der Waals surface area contributed by atoms with Gasteiger partial charge >= 0.3 is 0 Å². The summed E-state index contributed by atoms with van der Waals surface area (Å²) in [6.45, 7) is 0. The van der Waals surface area contributed by atoms with Gasteiger partial charge in [-0.25, -0.2) is 0 Å². The normalized spacial score (nSPS) is 13.6. The van der Waals surface area contributed by atoms with Gasteiger partial charge in [0.05, 0.1) is 0 Å². The molecule has 0 saturated heterocycles. The fourth-order valence-electron chi connectivity index (χ4n) is 4.06. The Balaban J connectivity index is 2.12. The van der Waals surface area contributed by atoms with E-state index in [0.29, 0.717) is 22.3 Å². The molecule has 29 heavy (non-hydrogen) atoms. The first kappa shape index (κ1) is 19.3. The van der Waals surface area contributed by atoms with Crippen molar-refractivity contribution < 1.29 is 10.2 Å². The van der Waals surface area contributed by atoms with Crippen LogP contribution >= 0.6 is 0 Å². The van der Waals surface area contributed by atoms with Crippen LogP contribution in [0.5, 0.6) is 0 Å². The van der Waals surface area contributed by atoms with Crippen molar-refractivity contribution in [2.24, 2.45) is 0 Å². The minimum Gasteiger partial charge on any atom is -0.377 e. The van der Waals surface area contributed by atoms with Gasteiger partial charge < -0.3 is 10.2 Å². The number of rotatable bonds is 5. The van der Waals surface area contributed by atoms with Crippen LogP contribution in [0.4, 0.5) is 0 Å². The Labute approximate surface area is 174 Å². The Hall–Kier alpha value is -2.98. The van der Waals surface area contributed by atoms with Gasteiger partial charge in [-0.15, -0.1) is 0 Å². The standard InChI is InChI=1S/C26H23O2Si/c27-25(20-12-4-1-5-13-20,21-14-6-2-7-15-21)26(28,22-16-8-3-9-17-22)23-18-10-11-19-24(23)29/h1-19,27-28H,29H2. The van der Waals surface area contributed by atoms with E-state index in [0.717, 1.165) is 5.19 Å². The summed E-state index contributed by atoms with van der Waals surface area (Å²) < 4.78 is 0. The zero-order valence-corrected chi connectivity index (χ0v) is 17.5. The molecule has 143 valence electrons. The average molecular weight is 396 g/mol. The third kappa shape index (κ3) is 3.14. The first-order valence-electron chi connectivity index (χ1n) is 9.61. The largest absolute Gasteiger partial charge is 0.377 e. The molecule has 1 radical (unpaired) electrons. The van der Waals surface area contributed by atoms with E-state index < -0.39 is 11.2 Å². The highest BCUT2D eigenvalue weighted by Crippen LogP contribution is 2.48. The van der Waals surface area contributed by atoms with Crippen LogP contribution in [0.15, 0.2) is 115 Å². The van der Waals surface area contributed by atoms with Crippen molar-refractivity contribution >= 4 is 15.4 Å². The Kier molecular flexibility index (Phi) is 5.20. The quantitative estimate of drug-likeness (QED) is 0.510. The minimum absolute atomic E-state index is 0.629. The second-order valence-electron chi connectivity index (χ2n) is 7.18. The van der Waals surface area contributed by atoms with E-state index in [2.05, 4.69) is 0 Å². The Morgan fingerprint density at radius 3 is 1.21 bits per heavy atom. The lowest BCUT2D eigenvalue weighted by molar-refractivity contribution is -0.112. The molecule has 0 bridgehead atoms. The Morgan fingerprint density at radius 2 is 0.793 bits per heavy atom. The maximum absolute atomic E-state index is 12.5. The maximum Gasteiger partial charge on any atom is 0.152 e. The number of hydrogen-bond acceptors (Lipinski definition) is 2. The van der Waals surface area contributed by atoms with Crippen LogP contribution in [-0.2, 0) is 11.2 Å². The fourth-order valence-corrected chi connectivity index (χ4v) is 4.56. The van der Waals surface area contributed by atoms with E-state index in [4.69, 9.17) is 0 Å². The van der Waals surface area contributed by atoms with Gasteiger partial charge in [-0.1, -0.05) is 120 Å². The van der Waals surface area contributed by atoms with Crippen molar-refractivity contribution in [3.05, 3.63) is 138 Å². The Morgan fingerprint density at radius 1 is 0.448 bits per heavy atom. The molecular weight excluding hydrogens is 372 g/mol. The molecule has 0 aliphatic heterocycles. The van der Waals surface area contributed by atoms with Gasteiger partial charge in [0.15, 0.2) is 11.2 Å². The van der Waals surface area contributed by atoms with Gasteiger partial charge in [-0.2, -0.15) is 0 Å². The summed E-state index contributed by atoms with van der Waals surface area (Å²) in [6.07, 6.45) is 0. The summed E-state index contributed by atoms with van der Waals surface area (Å²) in [6, 6.07) is 35.9. The molecule has 0 aliphatic carbocycles. The maximum atomic E-state index is 12.5. The highest BCUT2D eigenvalue weighted by molar-refractivity contribution is 6.33. The lowest BCUT2D eigenvalue weighted by Gasteiger charge is -2.46. The average Bonchev–Trinajstić information content (AvgIpc) is 2.80. The second kappa shape index (κ2) is 7.80. The predicted octanol–water partition coefficient (Wildman–Crippen LogP) is 3.12. The van der Waals surface area contributed by atoms with Crippen LogP contribution in [0.3, 0.4) is 0 Å².